The van der Waals surface area contributed by atoms with Gasteiger partial charge in [0.25, 0.3) is 0 Å². The molecular weight excluding hydrogens is 368 g/mol. The zero-order valence-electron chi connectivity index (χ0n) is 17.8. The summed E-state index contributed by atoms with van der Waals surface area (Å²) < 4.78 is 5.02. The molecule has 0 radical (unpaired) electrons. The van der Waals surface area contributed by atoms with Gasteiger partial charge in [-0.15, -0.1) is 11.8 Å². The van der Waals surface area contributed by atoms with E-state index in [4.69, 9.17) is 4.74 Å². The van der Waals surface area contributed by atoms with Gasteiger partial charge in [0.05, 0.1) is 11.5 Å². The normalized spacial score (nSPS) is 27.9. The van der Waals surface area contributed by atoms with Crippen molar-refractivity contribution in [2.45, 2.75) is 108 Å². The average molecular weight is 407 g/mol. The van der Waals surface area contributed by atoms with E-state index in [-0.39, 0.29) is 10.8 Å². The second kappa shape index (κ2) is 10.8. The van der Waals surface area contributed by atoms with E-state index < -0.39 is 0 Å². The Hall–Kier alpha value is -0.780. The Morgan fingerprint density at radius 2 is 1.79 bits per heavy atom. The number of rotatable bonds is 7. The minimum Gasteiger partial charge on any atom is -0.463 e. The van der Waals surface area contributed by atoms with Gasteiger partial charge < -0.3 is 4.74 Å². The van der Waals surface area contributed by atoms with E-state index in [0.29, 0.717) is 18.7 Å². The molecule has 1 heterocycles. The first kappa shape index (κ1) is 21.9. The summed E-state index contributed by atoms with van der Waals surface area (Å²) in [5.74, 6) is -0.254. The van der Waals surface area contributed by atoms with Gasteiger partial charge in [-0.25, -0.2) is 15.2 Å². The molecule has 158 valence electrons. The van der Waals surface area contributed by atoms with Crippen LogP contribution >= 0.6 is 11.8 Å². The number of thioether (sulfide) groups is 1. The third-order valence-electron chi connectivity index (χ3n) is 6.28. The van der Waals surface area contributed by atoms with Gasteiger partial charge >= 0.3 is 5.97 Å². The molecule has 2 fully saturated rings. The summed E-state index contributed by atoms with van der Waals surface area (Å²) in [6.45, 7) is 4.60. The fourth-order valence-electron chi connectivity index (χ4n) is 4.84. The van der Waals surface area contributed by atoms with Crippen LogP contribution in [0.25, 0.3) is 0 Å². The second-order valence-corrected chi connectivity index (χ2v) is 10.2. The lowest BCUT2D eigenvalue weighted by atomic mass is 9.90. The maximum absolute atomic E-state index is 11.7. The number of esters is 1. The average Bonchev–Trinajstić information content (AvgIpc) is 2.72. The van der Waals surface area contributed by atoms with Gasteiger partial charge in [-0.05, 0) is 58.4 Å². The lowest BCUT2D eigenvalue weighted by Crippen LogP contribution is -2.59. The highest BCUT2D eigenvalue weighted by atomic mass is 32.2. The number of hydrogen-bond donors (Lipinski definition) is 1. The van der Waals surface area contributed by atoms with E-state index in [2.05, 4.69) is 23.4 Å². The van der Waals surface area contributed by atoms with E-state index in [0.717, 1.165) is 12.8 Å². The van der Waals surface area contributed by atoms with Crippen LogP contribution in [0.2, 0.25) is 0 Å². The first-order valence-corrected chi connectivity index (χ1v) is 12.2. The van der Waals surface area contributed by atoms with Crippen LogP contribution in [-0.4, -0.2) is 34.5 Å². The Bertz CT molecular complexity index is 547. The van der Waals surface area contributed by atoms with Crippen molar-refractivity contribution in [2.75, 3.05) is 6.61 Å². The zero-order valence-corrected chi connectivity index (χ0v) is 18.6. The van der Waals surface area contributed by atoms with E-state index in [1.165, 1.54) is 69.1 Å². The monoisotopic (exact) mass is 406 g/mol. The summed E-state index contributed by atoms with van der Waals surface area (Å²) in [6.07, 6.45) is 21.5. The third-order valence-corrected chi connectivity index (χ3v) is 7.57. The Labute approximate surface area is 175 Å². The van der Waals surface area contributed by atoms with Gasteiger partial charge in [0.1, 0.15) is 0 Å². The molecule has 0 aromatic carbocycles. The van der Waals surface area contributed by atoms with Crippen LogP contribution in [0.5, 0.6) is 0 Å². The van der Waals surface area contributed by atoms with E-state index >= 15 is 0 Å². The molecule has 1 unspecified atom stereocenters. The van der Waals surface area contributed by atoms with Crippen molar-refractivity contribution in [3.05, 3.63) is 23.1 Å². The molecule has 0 spiro atoms. The van der Waals surface area contributed by atoms with Crippen molar-refractivity contribution in [2.24, 2.45) is 0 Å². The van der Waals surface area contributed by atoms with Gasteiger partial charge in [0.15, 0.2) is 0 Å². The van der Waals surface area contributed by atoms with Crippen LogP contribution < -0.4 is 5.43 Å². The molecule has 1 aliphatic heterocycles. The van der Waals surface area contributed by atoms with Crippen LogP contribution in [0.1, 0.15) is 90.9 Å². The zero-order chi connectivity index (χ0) is 19.8. The Morgan fingerprint density at radius 3 is 2.36 bits per heavy atom. The fraction of sp³-hybridized carbons (Fsp3) is 0.783. The highest BCUT2D eigenvalue weighted by Crippen LogP contribution is 2.41. The number of nitrogens with one attached hydrogen (secondary N) is 1. The number of hydrogen-bond acceptors (Lipinski definition) is 5. The maximum atomic E-state index is 11.7. The summed E-state index contributed by atoms with van der Waals surface area (Å²) >= 11 is 1.86. The van der Waals surface area contributed by atoms with E-state index in [1.807, 2.05) is 24.8 Å². The van der Waals surface area contributed by atoms with Gasteiger partial charge in [-0.3, -0.25) is 0 Å². The van der Waals surface area contributed by atoms with Crippen LogP contribution in [0.4, 0.5) is 0 Å². The minimum absolute atomic E-state index is 0.0159. The molecule has 5 heteroatoms. The van der Waals surface area contributed by atoms with E-state index in [9.17, 15) is 4.79 Å². The highest BCUT2D eigenvalue weighted by Gasteiger charge is 2.36. The Kier molecular flexibility index (Phi) is 8.49. The highest BCUT2D eigenvalue weighted by molar-refractivity contribution is 8.04. The smallest absolute Gasteiger partial charge is 0.330 e. The van der Waals surface area contributed by atoms with Gasteiger partial charge in [0, 0.05) is 23.1 Å². The molecule has 0 saturated heterocycles. The first-order valence-electron chi connectivity index (χ1n) is 11.4. The summed E-state index contributed by atoms with van der Waals surface area (Å²) in [5, 5.41) is 2.68. The van der Waals surface area contributed by atoms with Crippen LogP contribution in [-0.2, 0) is 9.53 Å². The molecular formula is C23H38N2O2S. The minimum atomic E-state index is -0.254. The molecule has 1 atom stereocenters. The summed E-state index contributed by atoms with van der Waals surface area (Å²) in [7, 11) is 0. The topological polar surface area (TPSA) is 41.6 Å². The molecule has 4 nitrogen and oxygen atoms in total. The second-order valence-electron chi connectivity index (χ2n) is 8.67. The Balaban J connectivity index is 1.66. The number of hydrazine groups is 1. The molecule has 1 N–H and O–H groups in total. The standard InChI is InChI=1S/C23H38N2O2S/c1-3-27-22(26)17-16-21-15-10-18-23(2,28-21)24-25(19-11-6-4-7-12-19)20-13-8-5-9-14-20/h15-17,19-20,24H,3-14,18H2,1-2H3/b17-16+. The maximum Gasteiger partial charge on any atom is 0.330 e. The van der Waals surface area contributed by atoms with Crippen LogP contribution in [0, 0.1) is 0 Å². The van der Waals surface area contributed by atoms with Crippen LogP contribution in [0.3, 0.4) is 0 Å². The van der Waals surface area contributed by atoms with Crippen molar-refractivity contribution < 1.29 is 9.53 Å². The summed E-state index contributed by atoms with van der Waals surface area (Å²) in [5.41, 5.74) is 4.02. The molecule has 3 aliphatic rings. The molecule has 0 bridgehead atoms. The molecule has 0 amide bonds. The quantitative estimate of drug-likeness (QED) is 0.333. The molecule has 2 saturated carbocycles. The van der Waals surface area contributed by atoms with Gasteiger partial charge in [0.2, 0.25) is 0 Å². The third kappa shape index (κ3) is 6.36. The number of allylic oxidation sites excluding steroid dienone is 2. The van der Waals surface area contributed by atoms with Crippen molar-refractivity contribution >= 4 is 17.7 Å². The predicted octanol–water partition coefficient (Wildman–Crippen LogP) is 5.70. The molecule has 3 rings (SSSR count). The summed E-state index contributed by atoms with van der Waals surface area (Å²) in [6, 6.07) is 1.36. The number of nitrogens with zero attached hydrogens (tertiary/aromatic N) is 1. The van der Waals surface area contributed by atoms with Crippen molar-refractivity contribution in [3.63, 3.8) is 0 Å². The van der Waals surface area contributed by atoms with Gasteiger partial charge in [-0.1, -0.05) is 44.6 Å². The largest absolute Gasteiger partial charge is 0.463 e. The number of ether oxygens (including phenoxy) is 1. The fourth-order valence-corrected chi connectivity index (χ4v) is 6.06. The van der Waals surface area contributed by atoms with Gasteiger partial charge in [-0.2, -0.15) is 0 Å². The Morgan fingerprint density at radius 1 is 1.18 bits per heavy atom. The predicted molar refractivity (Wildman–Crippen MR) is 118 cm³/mol. The van der Waals surface area contributed by atoms with E-state index in [1.54, 1.807) is 6.08 Å². The lowest BCUT2D eigenvalue weighted by Gasteiger charge is -2.47. The molecule has 2 aliphatic carbocycles. The molecule has 28 heavy (non-hydrogen) atoms. The first-order chi connectivity index (χ1) is 13.6. The van der Waals surface area contributed by atoms with Crippen molar-refractivity contribution in [1.29, 1.82) is 0 Å². The number of carbonyl (C=O) groups is 1. The number of carbonyl (C=O) groups excluding carboxylic acids is 1. The molecule has 0 aromatic heterocycles. The lowest BCUT2D eigenvalue weighted by molar-refractivity contribution is -0.137. The van der Waals surface area contributed by atoms with Crippen molar-refractivity contribution in [1.82, 2.24) is 10.4 Å². The SMILES string of the molecule is CCOC(=O)/C=C/C1=CCCC(C)(NN(C2CCCCC2)C2CCCCC2)S1. The molecule has 0 aromatic rings. The van der Waals surface area contributed by atoms with Crippen LogP contribution in [0.15, 0.2) is 23.1 Å². The van der Waals surface area contributed by atoms with Crippen molar-refractivity contribution in [3.8, 4) is 0 Å². The summed E-state index contributed by atoms with van der Waals surface area (Å²) in [4.78, 5) is 12.8.